The first kappa shape index (κ1) is 11.5. The third-order valence-electron chi connectivity index (χ3n) is 2.95. The van der Waals surface area contributed by atoms with E-state index in [4.69, 9.17) is 0 Å². The highest BCUT2D eigenvalue weighted by atomic mass is 16.2. The normalized spacial score (nSPS) is 23.5. The van der Waals surface area contributed by atoms with Crippen LogP contribution in [0.3, 0.4) is 0 Å². The summed E-state index contributed by atoms with van der Waals surface area (Å²) in [5, 5.41) is 4.07. The lowest BCUT2D eigenvalue weighted by Gasteiger charge is -2.24. The second-order valence-corrected chi connectivity index (χ2v) is 3.90. The highest BCUT2D eigenvalue weighted by Crippen LogP contribution is 2.22. The molecule has 14 heavy (non-hydrogen) atoms. The molecule has 1 rings (SSSR count). The van der Waals surface area contributed by atoms with E-state index < -0.39 is 0 Å². The standard InChI is InChI=1S/C11H22N2O/c1-4-7-8-10-9-12(5-2)13(6-3)11(10)14/h10H,4-9H2,1-3H3. The van der Waals surface area contributed by atoms with Crippen LogP contribution < -0.4 is 0 Å². The van der Waals surface area contributed by atoms with Crippen LogP contribution in [0.15, 0.2) is 0 Å². The Kier molecular flexibility index (Phi) is 4.39. The molecule has 0 saturated carbocycles. The zero-order chi connectivity index (χ0) is 10.6. The molecule has 0 aliphatic carbocycles. The predicted octanol–water partition coefficient (Wildman–Crippen LogP) is 1.89. The summed E-state index contributed by atoms with van der Waals surface area (Å²) in [4.78, 5) is 11.9. The number of unbranched alkanes of at least 4 members (excludes halogenated alkanes) is 1. The average molecular weight is 198 g/mol. The summed E-state index contributed by atoms with van der Waals surface area (Å²) in [5.74, 6) is 0.595. The molecule has 3 heteroatoms. The van der Waals surface area contributed by atoms with Crippen LogP contribution in [0.4, 0.5) is 0 Å². The van der Waals surface area contributed by atoms with Crippen molar-refractivity contribution in [3.05, 3.63) is 0 Å². The lowest BCUT2D eigenvalue weighted by molar-refractivity contribution is -0.139. The van der Waals surface area contributed by atoms with Crippen molar-refractivity contribution < 1.29 is 4.79 Å². The van der Waals surface area contributed by atoms with Gasteiger partial charge in [-0.05, 0) is 13.3 Å². The maximum atomic E-state index is 11.9. The molecule has 0 aromatic carbocycles. The van der Waals surface area contributed by atoms with Crippen molar-refractivity contribution in [2.75, 3.05) is 19.6 Å². The Morgan fingerprint density at radius 2 is 2.00 bits per heavy atom. The highest BCUT2D eigenvalue weighted by molar-refractivity contribution is 5.80. The molecule has 1 unspecified atom stereocenters. The van der Waals surface area contributed by atoms with Crippen LogP contribution >= 0.6 is 0 Å². The van der Waals surface area contributed by atoms with Gasteiger partial charge in [0.2, 0.25) is 5.91 Å². The minimum atomic E-state index is 0.259. The number of carbonyl (C=O) groups excluding carboxylic acids is 1. The van der Waals surface area contributed by atoms with Gasteiger partial charge in [0.15, 0.2) is 0 Å². The van der Waals surface area contributed by atoms with Gasteiger partial charge < -0.3 is 0 Å². The predicted molar refractivity (Wildman–Crippen MR) is 57.6 cm³/mol. The van der Waals surface area contributed by atoms with Gasteiger partial charge >= 0.3 is 0 Å². The summed E-state index contributed by atoms with van der Waals surface area (Å²) >= 11 is 0. The Bertz CT molecular complexity index is 194. The molecule has 0 aromatic rings. The van der Waals surface area contributed by atoms with Crippen LogP contribution in [-0.4, -0.2) is 35.6 Å². The first-order valence-electron chi connectivity index (χ1n) is 5.80. The quantitative estimate of drug-likeness (QED) is 0.673. The molecule has 0 bridgehead atoms. The molecule has 3 nitrogen and oxygen atoms in total. The maximum Gasteiger partial charge on any atom is 0.241 e. The Labute approximate surface area is 87.0 Å². The van der Waals surface area contributed by atoms with E-state index in [0.29, 0.717) is 5.91 Å². The monoisotopic (exact) mass is 198 g/mol. The summed E-state index contributed by atoms with van der Waals surface area (Å²) in [7, 11) is 0. The van der Waals surface area contributed by atoms with Crippen LogP contribution in [0, 0.1) is 5.92 Å². The van der Waals surface area contributed by atoms with Gasteiger partial charge in [0.25, 0.3) is 0 Å². The molecule has 0 aromatic heterocycles. The molecule has 1 saturated heterocycles. The number of rotatable bonds is 5. The van der Waals surface area contributed by atoms with Gasteiger partial charge in [-0.15, -0.1) is 0 Å². The maximum absolute atomic E-state index is 11.9. The van der Waals surface area contributed by atoms with E-state index in [1.165, 1.54) is 12.8 Å². The van der Waals surface area contributed by atoms with Crippen LogP contribution in [0.2, 0.25) is 0 Å². The Hall–Kier alpha value is -0.570. The molecule has 0 N–H and O–H groups in total. The van der Waals surface area contributed by atoms with E-state index in [9.17, 15) is 4.79 Å². The minimum absolute atomic E-state index is 0.259. The fourth-order valence-corrected chi connectivity index (χ4v) is 2.10. The topological polar surface area (TPSA) is 23.6 Å². The molecule has 1 heterocycles. The molecule has 0 radical (unpaired) electrons. The molecular formula is C11H22N2O. The third-order valence-corrected chi connectivity index (χ3v) is 2.95. The van der Waals surface area contributed by atoms with E-state index in [1.807, 2.05) is 11.9 Å². The Morgan fingerprint density at radius 3 is 2.43 bits per heavy atom. The fourth-order valence-electron chi connectivity index (χ4n) is 2.10. The second-order valence-electron chi connectivity index (χ2n) is 3.90. The van der Waals surface area contributed by atoms with Gasteiger partial charge in [-0.1, -0.05) is 26.7 Å². The molecule has 1 aliphatic heterocycles. The first-order valence-corrected chi connectivity index (χ1v) is 5.80. The SMILES string of the molecule is CCCCC1CN(CC)N(CC)C1=O. The number of hydrogen-bond acceptors (Lipinski definition) is 2. The zero-order valence-corrected chi connectivity index (χ0v) is 9.62. The Balaban J connectivity index is 2.52. The van der Waals surface area contributed by atoms with E-state index in [2.05, 4.69) is 18.9 Å². The van der Waals surface area contributed by atoms with Crippen LogP contribution in [0.25, 0.3) is 0 Å². The van der Waals surface area contributed by atoms with E-state index >= 15 is 0 Å². The van der Waals surface area contributed by atoms with Crippen LogP contribution in [0.1, 0.15) is 40.0 Å². The van der Waals surface area contributed by atoms with Crippen LogP contribution in [-0.2, 0) is 4.79 Å². The van der Waals surface area contributed by atoms with Gasteiger partial charge in [-0.2, -0.15) is 0 Å². The summed E-state index contributed by atoms with van der Waals surface area (Å²) < 4.78 is 0. The second kappa shape index (κ2) is 5.35. The molecule has 0 spiro atoms. The van der Waals surface area contributed by atoms with Crippen molar-refractivity contribution in [1.29, 1.82) is 0 Å². The molecular weight excluding hydrogens is 176 g/mol. The number of hydrazine groups is 1. The molecule has 82 valence electrons. The zero-order valence-electron chi connectivity index (χ0n) is 9.62. The number of hydrogen-bond donors (Lipinski definition) is 0. The summed E-state index contributed by atoms with van der Waals surface area (Å²) in [6.45, 7) is 9.02. The molecule has 1 aliphatic rings. The van der Waals surface area contributed by atoms with Crippen molar-refractivity contribution in [1.82, 2.24) is 10.0 Å². The highest BCUT2D eigenvalue weighted by Gasteiger charge is 2.35. The van der Waals surface area contributed by atoms with Gasteiger partial charge in [0.05, 0.1) is 5.92 Å². The van der Waals surface area contributed by atoms with Gasteiger partial charge in [0.1, 0.15) is 0 Å². The first-order chi connectivity index (χ1) is 6.74. The molecule has 1 fully saturated rings. The van der Waals surface area contributed by atoms with Gasteiger partial charge in [-0.3, -0.25) is 9.80 Å². The third kappa shape index (κ3) is 2.27. The molecule has 1 amide bonds. The minimum Gasteiger partial charge on any atom is -0.275 e. The summed E-state index contributed by atoms with van der Waals surface area (Å²) in [6.07, 6.45) is 3.41. The smallest absolute Gasteiger partial charge is 0.241 e. The lowest BCUT2D eigenvalue weighted by Crippen LogP contribution is -2.38. The van der Waals surface area contributed by atoms with E-state index in [1.54, 1.807) is 0 Å². The number of nitrogens with zero attached hydrogens (tertiary/aromatic N) is 2. The van der Waals surface area contributed by atoms with Gasteiger partial charge in [0, 0.05) is 19.6 Å². The van der Waals surface area contributed by atoms with Crippen molar-refractivity contribution in [2.45, 2.75) is 40.0 Å². The Morgan fingerprint density at radius 1 is 1.29 bits per heavy atom. The van der Waals surface area contributed by atoms with Crippen molar-refractivity contribution >= 4 is 5.91 Å². The van der Waals surface area contributed by atoms with Crippen LogP contribution in [0.5, 0.6) is 0 Å². The number of carbonyl (C=O) groups is 1. The van der Waals surface area contributed by atoms with Crippen molar-refractivity contribution in [3.63, 3.8) is 0 Å². The number of amides is 1. The van der Waals surface area contributed by atoms with Crippen molar-refractivity contribution in [2.24, 2.45) is 5.92 Å². The fraction of sp³-hybridized carbons (Fsp3) is 0.909. The van der Waals surface area contributed by atoms with Crippen molar-refractivity contribution in [3.8, 4) is 0 Å². The van der Waals surface area contributed by atoms with E-state index in [0.717, 1.165) is 26.1 Å². The van der Waals surface area contributed by atoms with Gasteiger partial charge in [-0.25, -0.2) is 5.01 Å². The summed E-state index contributed by atoms with van der Waals surface area (Å²) in [6, 6.07) is 0. The molecule has 1 atom stereocenters. The average Bonchev–Trinajstić information content (AvgIpc) is 2.51. The van der Waals surface area contributed by atoms with E-state index in [-0.39, 0.29) is 5.92 Å². The largest absolute Gasteiger partial charge is 0.275 e. The lowest BCUT2D eigenvalue weighted by atomic mass is 10.0. The summed E-state index contributed by atoms with van der Waals surface area (Å²) in [5.41, 5.74) is 0.